The van der Waals surface area contributed by atoms with Crippen molar-refractivity contribution in [1.82, 2.24) is 24.5 Å². The molecule has 4 heterocycles. The maximum atomic E-state index is 14.0. The fourth-order valence-corrected chi connectivity index (χ4v) is 10.8. The number of sulfonamides is 1. The van der Waals surface area contributed by atoms with Gasteiger partial charge in [0.05, 0.1) is 27.1 Å². The second-order valence-corrected chi connectivity index (χ2v) is 21.5. The maximum Gasteiger partial charge on any atom is 0.416 e. The number of amides is 2. The van der Waals surface area contributed by atoms with Gasteiger partial charge in [-0.3, -0.25) is 24.6 Å². The van der Waals surface area contributed by atoms with Crippen molar-refractivity contribution in [3.8, 4) is 11.5 Å². The number of piperidine rings is 1. The van der Waals surface area contributed by atoms with Gasteiger partial charge in [-0.2, -0.15) is 13.2 Å². The number of carbonyl (C=O) groups excluding carboxylic acids is 2. The van der Waals surface area contributed by atoms with Gasteiger partial charge < -0.3 is 24.8 Å². The third-order valence-electron chi connectivity index (χ3n) is 13.4. The SMILES string of the molecule is CC(C)C(=O)N1CCCC(CNc2ccc(S(=O)(=O)NC(=O)c3ccc(N4CCN(CC5=C(c6ccc(C(F)(F)F)cc6Cl)CC(C)(C)CC5)CC4)cc3Oc3cnc4[nH]ccc4c3)cc2[N+](=O)[O-])C1. The first-order valence-corrected chi connectivity index (χ1v) is 25.2. The molecule has 70 heavy (non-hydrogen) atoms. The number of alkyl halides is 3. The number of hydrogen-bond donors (Lipinski definition) is 3. The number of benzene rings is 3. The first-order valence-electron chi connectivity index (χ1n) is 23.3. The van der Waals surface area contributed by atoms with Gasteiger partial charge in [-0.05, 0) is 103 Å². The minimum atomic E-state index is -4.66. The number of aromatic amines is 1. The number of allylic oxidation sites excluding steroid dienone is 1. The molecule has 3 N–H and O–H groups in total. The number of anilines is 2. The van der Waals surface area contributed by atoms with E-state index in [1.165, 1.54) is 30.5 Å². The molecule has 2 fully saturated rings. The van der Waals surface area contributed by atoms with Crippen LogP contribution < -0.4 is 19.7 Å². The molecule has 3 aromatic carbocycles. The molecular weight excluding hydrogens is 949 g/mol. The number of hydrogen-bond acceptors (Lipinski definition) is 11. The molecule has 0 spiro atoms. The van der Waals surface area contributed by atoms with Crippen LogP contribution in [0.4, 0.5) is 30.2 Å². The number of nitrogens with one attached hydrogen (secondary N) is 3. The minimum absolute atomic E-state index is 0.0317. The number of ether oxygens (including phenoxy) is 1. The fraction of sp³-hybridized carbons (Fsp3) is 0.420. The van der Waals surface area contributed by atoms with Crippen LogP contribution in [-0.2, 0) is 21.0 Å². The lowest BCUT2D eigenvalue weighted by atomic mass is 9.72. The molecule has 1 unspecified atom stereocenters. The summed E-state index contributed by atoms with van der Waals surface area (Å²) in [6.07, 6.45) is 2.68. The molecule has 2 aliphatic heterocycles. The molecule has 2 aromatic heterocycles. The van der Waals surface area contributed by atoms with Crippen molar-refractivity contribution in [2.75, 3.05) is 62.6 Å². The van der Waals surface area contributed by atoms with Crippen LogP contribution in [0.2, 0.25) is 5.02 Å². The molecule has 0 radical (unpaired) electrons. The monoisotopic (exact) mass is 1000 g/mol. The zero-order valence-electron chi connectivity index (χ0n) is 39.4. The third kappa shape index (κ3) is 11.5. The maximum absolute atomic E-state index is 14.0. The molecule has 0 saturated carbocycles. The van der Waals surface area contributed by atoms with E-state index < -0.39 is 43.2 Å². The quantitative estimate of drug-likeness (QED) is 0.0711. The molecule has 1 atom stereocenters. The number of nitrogens with zero attached hydrogens (tertiary/aromatic N) is 5. The lowest BCUT2D eigenvalue weighted by molar-refractivity contribution is -0.384. The van der Waals surface area contributed by atoms with Crippen LogP contribution in [-0.4, -0.2) is 97.3 Å². The first kappa shape index (κ1) is 50.2. The Balaban J connectivity index is 0.990. The highest BCUT2D eigenvalue weighted by atomic mass is 35.5. The van der Waals surface area contributed by atoms with E-state index in [1.54, 1.807) is 35.4 Å². The molecule has 2 amide bonds. The summed E-state index contributed by atoms with van der Waals surface area (Å²) in [5, 5.41) is 16.2. The average molecular weight is 1010 g/mol. The van der Waals surface area contributed by atoms with Crippen LogP contribution in [0.25, 0.3) is 16.6 Å². The van der Waals surface area contributed by atoms with E-state index >= 15 is 0 Å². The van der Waals surface area contributed by atoms with Gasteiger partial charge in [0.2, 0.25) is 5.91 Å². The normalized spacial score (nSPS) is 18.0. The number of carbonyl (C=O) groups is 2. The summed E-state index contributed by atoms with van der Waals surface area (Å²) in [6, 6.07) is 15.3. The zero-order valence-corrected chi connectivity index (χ0v) is 40.9. The van der Waals surface area contributed by atoms with Crippen LogP contribution in [0.5, 0.6) is 11.5 Å². The standard InChI is InChI=1S/C50H56ClF3N8O7S/c1-31(2)48(64)61-17-5-6-32(29-61)27-56-43-12-9-38(25-44(43)62(65)66)70(67,68)58-47(63)40-11-8-36(24-45(40)69-37-22-33-14-16-55-46(33)57-28-37)60-20-18-59(19-21-60)30-34-13-15-49(3,4)26-41(34)39-10-7-35(23-42(39)51)50(52,53)54/h7-12,14,16,22-25,28,31-32,56H,5-6,13,15,17-21,26-27,29-30H2,1-4H3,(H,55,57)(H,58,63). The summed E-state index contributed by atoms with van der Waals surface area (Å²) < 4.78 is 76.5. The smallest absolute Gasteiger partial charge is 0.416 e. The van der Waals surface area contributed by atoms with Crippen LogP contribution in [0, 0.1) is 27.4 Å². The first-order chi connectivity index (χ1) is 33.1. The molecule has 372 valence electrons. The lowest BCUT2D eigenvalue weighted by Crippen LogP contribution is -2.47. The molecule has 3 aliphatic rings. The summed E-state index contributed by atoms with van der Waals surface area (Å²) in [7, 11) is -4.66. The third-order valence-corrected chi connectivity index (χ3v) is 15.0. The molecule has 15 nitrogen and oxygen atoms in total. The number of pyridine rings is 1. The molecule has 20 heteroatoms. The van der Waals surface area contributed by atoms with Crippen molar-refractivity contribution < 1.29 is 40.8 Å². The number of halogens is 4. The number of nitro benzene ring substituents is 1. The number of nitro groups is 1. The number of H-pyrrole nitrogens is 1. The average Bonchev–Trinajstić information content (AvgIpc) is 3.79. The Hall–Kier alpha value is -6.18. The van der Waals surface area contributed by atoms with Crippen LogP contribution in [0.1, 0.15) is 81.3 Å². The molecule has 5 aromatic rings. The highest BCUT2D eigenvalue weighted by Crippen LogP contribution is 2.46. The second-order valence-electron chi connectivity index (χ2n) is 19.4. The van der Waals surface area contributed by atoms with Crippen molar-refractivity contribution in [3.05, 3.63) is 117 Å². The summed E-state index contributed by atoms with van der Waals surface area (Å²) >= 11 is 6.54. The van der Waals surface area contributed by atoms with Gasteiger partial charge in [0.15, 0.2) is 0 Å². The lowest BCUT2D eigenvalue weighted by Gasteiger charge is -2.39. The van der Waals surface area contributed by atoms with Crippen LogP contribution in [0.15, 0.2) is 89.6 Å². The van der Waals surface area contributed by atoms with E-state index in [0.717, 1.165) is 60.4 Å². The molecule has 0 bridgehead atoms. The van der Waals surface area contributed by atoms with Crippen molar-refractivity contribution >= 4 is 67.1 Å². The van der Waals surface area contributed by atoms with Crippen molar-refractivity contribution in [3.63, 3.8) is 0 Å². The van der Waals surface area contributed by atoms with E-state index in [9.17, 15) is 41.3 Å². The van der Waals surface area contributed by atoms with Crippen molar-refractivity contribution in [2.24, 2.45) is 17.3 Å². The minimum Gasteiger partial charge on any atom is -0.455 e. The number of aromatic nitrogens is 2. The second kappa shape index (κ2) is 20.3. The number of likely N-dealkylation sites (tertiary alicyclic amines) is 1. The summed E-state index contributed by atoms with van der Waals surface area (Å²) in [5.41, 5.74) is 2.71. The van der Waals surface area contributed by atoms with E-state index in [-0.39, 0.29) is 50.9 Å². The summed E-state index contributed by atoms with van der Waals surface area (Å²) in [4.78, 5) is 51.3. The van der Waals surface area contributed by atoms with Gasteiger partial charge in [0.25, 0.3) is 21.6 Å². The number of piperazine rings is 1. The molecular formula is C50H56ClF3N8O7S. The van der Waals surface area contributed by atoms with Gasteiger partial charge in [-0.25, -0.2) is 18.1 Å². The Morgan fingerprint density at radius 1 is 1.03 bits per heavy atom. The number of fused-ring (bicyclic) bond motifs is 1. The Bertz CT molecular complexity index is 2950. The highest BCUT2D eigenvalue weighted by Gasteiger charge is 2.34. The number of rotatable bonds is 14. The van der Waals surface area contributed by atoms with Crippen LogP contribution in [0.3, 0.4) is 0 Å². The zero-order chi connectivity index (χ0) is 50.1. The predicted molar refractivity (Wildman–Crippen MR) is 263 cm³/mol. The van der Waals surface area contributed by atoms with Gasteiger partial charge >= 0.3 is 6.18 Å². The van der Waals surface area contributed by atoms with E-state index in [1.807, 2.05) is 13.8 Å². The van der Waals surface area contributed by atoms with Gasteiger partial charge in [0, 0.05) is 92.7 Å². The predicted octanol–water partition coefficient (Wildman–Crippen LogP) is 10.1. The Morgan fingerprint density at radius 2 is 1.80 bits per heavy atom. The molecule has 8 rings (SSSR count). The molecule has 2 saturated heterocycles. The van der Waals surface area contributed by atoms with E-state index in [2.05, 4.69) is 43.7 Å². The van der Waals surface area contributed by atoms with Crippen molar-refractivity contribution in [2.45, 2.75) is 70.9 Å². The van der Waals surface area contributed by atoms with Crippen molar-refractivity contribution in [1.29, 1.82) is 0 Å². The van der Waals surface area contributed by atoms with Gasteiger partial charge in [-0.15, -0.1) is 0 Å². The van der Waals surface area contributed by atoms with Gasteiger partial charge in [-0.1, -0.05) is 50.9 Å². The highest BCUT2D eigenvalue weighted by molar-refractivity contribution is 7.90. The van der Waals surface area contributed by atoms with E-state index in [4.69, 9.17) is 16.3 Å². The molecule has 1 aliphatic carbocycles. The summed E-state index contributed by atoms with van der Waals surface area (Å²) in [6.45, 7) is 12.5. The Kier molecular flexibility index (Phi) is 14.5. The Morgan fingerprint density at radius 3 is 2.51 bits per heavy atom. The fourth-order valence-electron chi connectivity index (χ4n) is 9.51. The largest absolute Gasteiger partial charge is 0.455 e. The summed E-state index contributed by atoms with van der Waals surface area (Å²) in [5.74, 6) is -0.778. The Labute approximate surface area is 409 Å². The van der Waals surface area contributed by atoms with E-state index in [0.29, 0.717) is 75.7 Å². The topological polar surface area (TPSA) is 183 Å². The van der Waals surface area contributed by atoms with Gasteiger partial charge in [0.1, 0.15) is 22.8 Å². The van der Waals surface area contributed by atoms with Crippen LogP contribution >= 0.6 is 11.6 Å².